The van der Waals surface area contributed by atoms with E-state index in [1.807, 2.05) is 32.0 Å². The van der Waals surface area contributed by atoms with Crippen molar-refractivity contribution in [3.63, 3.8) is 0 Å². The molecule has 0 bridgehead atoms. The summed E-state index contributed by atoms with van der Waals surface area (Å²) < 4.78 is 10.6. The summed E-state index contributed by atoms with van der Waals surface area (Å²) >= 11 is 0. The molecule has 5 nitrogen and oxygen atoms in total. The van der Waals surface area contributed by atoms with Gasteiger partial charge in [-0.05, 0) is 38.0 Å². The molecule has 5 heteroatoms. The zero-order valence-corrected chi connectivity index (χ0v) is 12.9. The molecule has 0 fully saturated rings. The monoisotopic (exact) mass is 292 g/mol. The van der Waals surface area contributed by atoms with Gasteiger partial charge in [0.2, 0.25) is 12.7 Å². The fraction of sp³-hybridized carbons (Fsp3) is 0.562. The van der Waals surface area contributed by atoms with Crippen LogP contribution in [-0.4, -0.2) is 24.8 Å². The molecule has 2 N–H and O–H groups in total. The van der Waals surface area contributed by atoms with Crippen LogP contribution in [0.4, 0.5) is 0 Å². The van der Waals surface area contributed by atoms with Gasteiger partial charge in [-0.25, -0.2) is 0 Å². The van der Waals surface area contributed by atoms with Gasteiger partial charge in [0.15, 0.2) is 11.5 Å². The molecule has 116 valence electrons. The molecule has 1 aromatic carbocycles. The quantitative estimate of drug-likeness (QED) is 0.809. The molecule has 1 aliphatic rings. The van der Waals surface area contributed by atoms with Crippen LogP contribution in [0, 0.1) is 0 Å². The Labute approximate surface area is 126 Å². The van der Waals surface area contributed by atoms with E-state index in [1.54, 1.807) is 0 Å². The number of amides is 1. The summed E-state index contributed by atoms with van der Waals surface area (Å²) in [6.45, 7) is 6.92. The highest BCUT2D eigenvalue weighted by molar-refractivity contribution is 5.81. The number of rotatable bonds is 7. The molecule has 0 saturated heterocycles. The Morgan fingerprint density at radius 2 is 2.05 bits per heavy atom. The molecule has 1 amide bonds. The largest absolute Gasteiger partial charge is 0.454 e. The third-order valence-corrected chi connectivity index (χ3v) is 3.55. The minimum Gasteiger partial charge on any atom is -0.454 e. The van der Waals surface area contributed by atoms with Gasteiger partial charge in [-0.3, -0.25) is 4.79 Å². The second-order valence-corrected chi connectivity index (χ2v) is 5.49. The van der Waals surface area contributed by atoms with Crippen molar-refractivity contribution < 1.29 is 14.3 Å². The van der Waals surface area contributed by atoms with Gasteiger partial charge in [-0.15, -0.1) is 0 Å². The fourth-order valence-corrected chi connectivity index (χ4v) is 2.29. The van der Waals surface area contributed by atoms with E-state index in [0.29, 0.717) is 6.54 Å². The van der Waals surface area contributed by atoms with Crippen molar-refractivity contribution in [2.24, 2.45) is 0 Å². The first-order chi connectivity index (χ1) is 10.1. The van der Waals surface area contributed by atoms with Gasteiger partial charge in [0, 0.05) is 12.6 Å². The number of hydrogen-bond donors (Lipinski definition) is 2. The fourth-order valence-electron chi connectivity index (χ4n) is 2.29. The average molecular weight is 292 g/mol. The third-order valence-electron chi connectivity index (χ3n) is 3.55. The normalized spacial score (nSPS) is 15.6. The van der Waals surface area contributed by atoms with Gasteiger partial charge in [0.05, 0.1) is 6.04 Å². The first kappa shape index (κ1) is 15.6. The van der Waals surface area contributed by atoms with E-state index >= 15 is 0 Å². The standard InChI is InChI=1S/C16H24N2O3/c1-4-5-11(2)18-16(19)12(3)17-9-13-6-7-14-15(8-13)21-10-20-14/h6-8,11-12,17H,4-5,9-10H2,1-3H3,(H,18,19). The summed E-state index contributed by atoms with van der Waals surface area (Å²) in [5.41, 5.74) is 1.07. The predicted octanol–water partition coefficient (Wildman–Crippen LogP) is 2.20. The van der Waals surface area contributed by atoms with Gasteiger partial charge in [0.1, 0.15) is 0 Å². The van der Waals surface area contributed by atoms with E-state index in [2.05, 4.69) is 17.6 Å². The number of ether oxygens (including phenoxy) is 2. The molecule has 1 aromatic rings. The lowest BCUT2D eigenvalue weighted by molar-refractivity contribution is -0.123. The maximum absolute atomic E-state index is 12.0. The molecule has 0 aliphatic carbocycles. The highest BCUT2D eigenvalue weighted by atomic mass is 16.7. The van der Waals surface area contributed by atoms with Crippen LogP contribution in [0.1, 0.15) is 39.2 Å². The maximum atomic E-state index is 12.0. The van der Waals surface area contributed by atoms with E-state index < -0.39 is 0 Å². The Bertz CT molecular complexity index is 490. The summed E-state index contributed by atoms with van der Waals surface area (Å²) in [4.78, 5) is 12.0. The van der Waals surface area contributed by atoms with Crippen LogP contribution in [0.3, 0.4) is 0 Å². The highest BCUT2D eigenvalue weighted by Gasteiger charge is 2.16. The van der Waals surface area contributed by atoms with Crippen molar-refractivity contribution in [1.29, 1.82) is 0 Å². The van der Waals surface area contributed by atoms with Crippen LogP contribution < -0.4 is 20.1 Å². The first-order valence-corrected chi connectivity index (χ1v) is 7.52. The second kappa shape index (κ2) is 7.31. The summed E-state index contributed by atoms with van der Waals surface area (Å²) in [5, 5.41) is 6.24. The van der Waals surface area contributed by atoms with Crippen molar-refractivity contribution in [2.75, 3.05) is 6.79 Å². The van der Waals surface area contributed by atoms with Gasteiger partial charge in [-0.2, -0.15) is 0 Å². The smallest absolute Gasteiger partial charge is 0.237 e. The number of hydrogen-bond acceptors (Lipinski definition) is 4. The van der Waals surface area contributed by atoms with Crippen molar-refractivity contribution in [3.8, 4) is 11.5 Å². The number of nitrogens with one attached hydrogen (secondary N) is 2. The van der Waals surface area contributed by atoms with Crippen molar-refractivity contribution in [2.45, 2.75) is 52.2 Å². The Hall–Kier alpha value is -1.75. The van der Waals surface area contributed by atoms with Crippen LogP contribution in [-0.2, 0) is 11.3 Å². The summed E-state index contributed by atoms with van der Waals surface area (Å²) in [5.74, 6) is 1.58. The molecule has 1 heterocycles. The van der Waals surface area contributed by atoms with E-state index in [1.165, 1.54) is 0 Å². The first-order valence-electron chi connectivity index (χ1n) is 7.52. The second-order valence-electron chi connectivity index (χ2n) is 5.49. The molecule has 2 atom stereocenters. The molecule has 0 saturated carbocycles. The molecule has 2 rings (SSSR count). The Balaban J connectivity index is 1.80. The summed E-state index contributed by atoms with van der Waals surface area (Å²) in [6.07, 6.45) is 2.07. The average Bonchev–Trinajstić information content (AvgIpc) is 2.92. The molecular weight excluding hydrogens is 268 g/mol. The van der Waals surface area contributed by atoms with Crippen molar-refractivity contribution in [3.05, 3.63) is 23.8 Å². The van der Waals surface area contributed by atoms with Crippen molar-refractivity contribution in [1.82, 2.24) is 10.6 Å². The lowest BCUT2D eigenvalue weighted by Gasteiger charge is -2.18. The number of fused-ring (bicyclic) bond motifs is 1. The molecule has 21 heavy (non-hydrogen) atoms. The van der Waals surface area contributed by atoms with Crippen LogP contribution in [0.2, 0.25) is 0 Å². The number of carbonyl (C=O) groups is 1. The van der Waals surface area contributed by atoms with E-state index in [9.17, 15) is 4.79 Å². The molecule has 0 aromatic heterocycles. The number of benzene rings is 1. The summed E-state index contributed by atoms with van der Waals surface area (Å²) in [6, 6.07) is 5.81. The van der Waals surface area contributed by atoms with Crippen molar-refractivity contribution >= 4 is 5.91 Å². The molecule has 0 radical (unpaired) electrons. The zero-order chi connectivity index (χ0) is 15.2. The van der Waals surface area contributed by atoms with Crippen LogP contribution in [0.5, 0.6) is 11.5 Å². The van der Waals surface area contributed by atoms with E-state index in [-0.39, 0.29) is 24.8 Å². The third kappa shape index (κ3) is 4.36. The number of carbonyl (C=O) groups excluding carboxylic acids is 1. The lowest BCUT2D eigenvalue weighted by Crippen LogP contribution is -2.45. The molecule has 2 unspecified atom stereocenters. The van der Waals surface area contributed by atoms with Crippen LogP contribution in [0.15, 0.2) is 18.2 Å². The molecular formula is C16H24N2O3. The van der Waals surface area contributed by atoms with Gasteiger partial charge < -0.3 is 20.1 Å². The zero-order valence-electron chi connectivity index (χ0n) is 12.9. The van der Waals surface area contributed by atoms with Gasteiger partial charge in [-0.1, -0.05) is 19.4 Å². The van der Waals surface area contributed by atoms with Crippen LogP contribution in [0.25, 0.3) is 0 Å². The molecule has 0 spiro atoms. The summed E-state index contributed by atoms with van der Waals surface area (Å²) in [7, 11) is 0. The van der Waals surface area contributed by atoms with E-state index in [0.717, 1.165) is 29.9 Å². The highest BCUT2D eigenvalue weighted by Crippen LogP contribution is 2.32. The maximum Gasteiger partial charge on any atom is 0.237 e. The minimum absolute atomic E-state index is 0.0386. The Morgan fingerprint density at radius 3 is 2.81 bits per heavy atom. The van der Waals surface area contributed by atoms with Gasteiger partial charge in [0.25, 0.3) is 0 Å². The van der Waals surface area contributed by atoms with Crippen LogP contribution >= 0.6 is 0 Å². The van der Waals surface area contributed by atoms with E-state index in [4.69, 9.17) is 9.47 Å². The Morgan fingerprint density at radius 1 is 1.29 bits per heavy atom. The minimum atomic E-state index is -0.227. The topological polar surface area (TPSA) is 59.6 Å². The SMILES string of the molecule is CCCC(C)NC(=O)C(C)NCc1ccc2c(c1)OCO2. The Kier molecular flexibility index (Phi) is 5.44. The van der Waals surface area contributed by atoms with Gasteiger partial charge >= 0.3 is 0 Å². The predicted molar refractivity (Wildman–Crippen MR) is 81.4 cm³/mol. The molecule has 1 aliphatic heterocycles. The lowest BCUT2D eigenvalue weighted by atomic mass is 10.1.